The van der Waals surface area contributed by atoms with E-state index in [9.17, 15) is 9.59 Å². The number of anilines is 2. The third kappa shape index (κ3) is 3.22. The first-order chi connectivity index (χ1) is 9.60. The van der Waals surface area contributed by atoms with Gasteiger partial charge in [0.2, 0.25) is 5.91 Å². The maximum atomic E-state index is 12.0. The molecule has 0 saturated carbocycles. The lowest BCUT2D eigenvalue weighted by Crippen LogP contribution is -2.12. The van der Waals surface area contributed by atoms with E-state index in [2.05, 4.69) is 10.6 Å². The maximum absolute atomic E-state index is 12.0. The number of nitrogens with zero attached hydrogens (tertiary/aromatic N) is 1. The van der Waals surface area contributed by atoms with Crippen molar-refractivity contribution in [1.82, 2.24) is 0 Å². The highest BCUT2D eigenvalue weighted by atomic mass is 32.1. The predicted octanol–water partition coefficient (Wildman–Crippen LogP) is 2.83. The van der Waals surface area contributed by atoms with Gasteiger partial charge in [0.25, 0.3) is 5.91 Å². The topological polar surface area (TPSA) is 82.0 Å². The Morgan fingerprint density at radius 3 is 2.45 bits per heavy atom. The standard InChI is InChI=1S/C14H11N3O2S/c1-9(18)16-12-4-2-10(3-5-12)13(19)17-14-11(8-15)6-7-20-14/h2-7H,1H3,(H,16,18)(H,17,19). The Bertz CT molecular complexity index is 683. The maximum Gasteiger partial charge on any atom is 0.256 e. The summed E-state index contributed by atoms with van der Waals surface area (Å²) in [6.45, 7) is 1.42. The summed E-state index contributed by atoms with van der Waals surface area (Å²) in [5.41, 5.74) is 1.53. The molecule has 0 atom stereocenters. The lowest BCUT2D eigenvalue weighted by Gasteiger charge is -2.05. The van der Waals surface area contributed by atoms with Gasteiger partial charge in [0, 0.05) is 18.2 Å². The van der Waals surface area contributed by atoms with Gasteiger partial charge in [-0.05, 0) is 35.7 Å². The van der Waals surface area contributed by atoms with Crippen molar-refractivity contribution >= 4 is 33.8 Å². The molecule has 0 saturated heterocycles. The van der Waals surface area contributed by atoms with E-state index in [1.807, 2.05) is 6.07 Å². The lowest BCUT2D eigenvalue weighted by molar-refractivity contribution is -0.114. The summed E-state index contributed by atoms with van der Waals surface area (Å²) in [5.74, 6) is -0.460. The van der Waals surface area contributed by atoms with Crippen molar-refractivity contribution in [2.75, 3.05) is 10.6 Å². The van der Waals surface area contributed by atoms with Crippen molar-refractivity contribution in [3.8, 4) is 6.07 Å². The van der Waals surface area contributed by atoms with E-state index in [1.54, 1.807) is 35.7 Å². The molecule has 0 fully saturated rings. The molecule has 100 valence electrons. The first-order valence-corrected chi connectivity index (χ1v) is 6.64. The Labute approximate surface area is 119 Å². The number of thiophene rings is 1. The minimum Gasteiger partial charge on any atom is -0.326 e. The molecule has 2 aromatic rings. The zero-order valence-electron chi connectivity index (χ0n) is 10.6. The molecule has 2 amide bonds. The molecule has 0 aliphatic heterocycles. The Morgan fingerprint density at radius 1 is 1.15 bits per heavy atom. The van der Waals surface area contributed by atoms with Gasteiger partial charge in [0.05, 0.1) is 5.56 Å². The molecule has 0 spiro atoms. The van der Waals surface area contributed by atoms with Crippen LogP contribution in [0.4, 0.5) is 10.7 Å². The molecule has 1 aromatic carbocycles. The quantitative estimate of drug-likeness (QED) is 0.909. The van der Waals surface area contributed by atoms with Crippen LogP contribution < -0.4 is 10.6 Å². The van der Waals surface area contributed by atoms with Crippen molar-refractivity contribution in [1.29, 1.82) is 5.26 Å². The number of nitrogens with one attached hydrogen (secondary N) is 2. The van der Waals surface area contributed by atoms with E-state index in [0.717, 1.165) is 0 Å². The van der Waals surface area contributed by atoms with Crippen LogP contribution in [0.3, 0.4) is 0 Å². The minimum atomic E-state index is -0.293. The summed E-state index contributed by atoms with van der Waals surface area (Å²) < 4.78 is 0. The monoisotopic (exact) mass is 285 g/mol. The fraction of sp³-hybridized carbons (Fsp3) is 0.0714. The molecule has 1 heterocycles. The number of benzene rings is 1. The summed E-state index contributed by atoms with van der Waals surface area (Å²) in [5, 5.41) is 16.5. The highest BCUT2D eigenvalue weighted by Gasteiger charge is 2.10. The molecule has 2 N–H and O–H groups in total. The highest BCUT2D eigenvalue weighted by molar-refractivity contribution is 7.14. The molecule has 5 nitrogen and oxygen atoms in total. The van der Waals surface area contributed by atoms with Crippen LogP contribution in [-0.2, 0) is 4.79 Å². The van der Waals surface area contributed by atoms with E-state index in [-0.39, 0.29) is 11.8 Å². The number of rotatable bonds is 3. The molecule has 0 bridgehead atoms. The van der Waals surface area contributed by atoms with E-state index in [4.69, 9.17) is 5.26 Å². The smallest absolute Gasteiger partial charge is 0.256 e. The third-order valence-corrected chi connectivity index (χ3v) is 3.31. The molecular formula is C14H11N3O2S. The van der Waals surface area contributed by atoms with Crippen molar-refractivity contribution in [3.63, 3.8) is 0 Å². The van der Waals surface area contributed by atoms with Crippen LogP contribution in [0.2, 0.25) is 0 Å². The molecule has 2 rings (SSSR count). The van der Waals surface area contributed by atoms with Crippen molar-refractivity contribution < 1.29 is 9.59 Å². The number of nitriles is 1. The Balaban J connectivity index is 2.10. The molecule has 0 unspecified atom stereocenters. The summed E-state index contributed by atoms with van der Waals surface area (Å²) in [6.07, 6.45) is 0. The first kappa shape index (κ1) is 13.8. The van der Waals surface area contributed by atoms with Gasteiger partial charge in [0.1, 0.15) is 11.1 Å². The molecule has 0 aliphatic carbocycles. The van der Waals surface area contributed by atoms with Gasteiger partial charge in [-0.3, -0.25) is 9.59 Å². The van der Waals surface area contributed by atoms with Crippen LogP contribution in [0.1, 0.15) is 22.8 Å². The van der Waals surface area contributed by atoms with Crippen LogP contribution in [-0.4, -0.2) is 11.8 Å². The van der Waals surface area contributed by atoms with Crippen LogP contribution in [0.15, 0.2) is 35.7 Å². The van der Waals surface area contributed by atoms with Gasteiger partial charge in [-0.1, -0.05) is 0 Å². The van der Waals surface area contributed by atoms with Gasteiger partial charge >= 0.3 is 0 Å². The number of hydrogen-bond acceptors (Lipinski definition) is 4. The molecular weight excluding hydrogens is 274 g/mol. The van der Waals surface area contributed by atoms with Gasteiger partial charge in [-0.15, -0.1) is 11.3 Å². The van der Waals surface area contributed by atoms with Crippen molar-refractivity contribution in [2.45, 2.75) is 6.92 Å². The average Bonchev–Trinajstić information content (AvgIpc) is 2.86. The Kier molecular flexibility index (Phi) is 4.13. The van der Waals surface area contributed by atoms with E-state index in [0.29, 0.717) is 21.8 Å². The summed E-state index contributed by atoms with van der Waals surface area (Å²) >= 11 is 1.30. The normalized spacial score (nSPS) is 9.60. The Hall–Kier alpha value is -2.65. The molecule has 0 aliphatic rings. The molecule has 0 radical (unpaired) electrons. The number of hydrogen-bond donors (Lipinski definition) is 2. The zero-order valence-corrected chi connectivity index (χ0v) is 11.5. The summed E-state index contributed by atoms with van der Waals surface area (Å²) in [6, 6.07) is 10.2. The average molecular weight is 285 g/mol. The number of amides is 2. The summed E-state index contributed by atoms with van der Waals surface area (Å²) in [4.78, 5) is 22.9. The second-order valence-electron chi connectivity index (χ2n) is 3.99. The van der Waals surface area contributed by atoms with Crippen LogP contribution in [0, 0.1) is 11.3 Å². The van der Waals surface area contributed by atoms with E-state index >= 15 is 0 Å². The van der Waals surface area contributed by atoms with Gasteiger partial charge in [-0.25, -0.2) is 0 Å². The van der Waals surface area contributed by atoms with Crippen LogP contribution in [0.25, 0.3) is 0 Å². The second kappa shape index (κ2) is 5.99. The highest BCUT2D eigenvalue weighted by Crippen LogP contribution is 2.23. The van der Waals surface area contributed by atoms with E-state index in [1.165, 1.54) is 18.3 Å². The SMILES string of the molecule is CC(=O)Nc1ccc(C(=O)Nc2sccc2C#N)cc1. The van der Waals surface area contributed by atoms with Gasteiger partial charge in [0.15, 0.2) is 0 Å². The largest absolute Gasteiger partial charge is 0.326 e. The molecule has 6 heteroatoms. The fourth-order valence-electron chi connectivity index (χ4n) is 1.58. The van der Waals surface area contributed by atoms with Gasteiger partial charge in [-0.2, -0.15) is 5.26 Å². The Morgan fingerprint density at radius 2 is 1.85 bits per heavy atom. The second-order valence-corrected chi connectivity index (χ2v) is 4.90. The van der Waals surface area contributed by atoms with E-state index < -0.39 is 0 Å². The number of carbonyl (C=O) groups excluding carboxylic acids is 2. The number of carbonyl (C=O) groups is 2. The first-order valence-electron chi connectivity index (χ1n) is 5.77. The summed E-state index contributed by atoms with van der Waals surface area (Å²) in [7, 11) is 0. The minimum absolute atomic E-state index is 0.167. The van der Waals surface area contributed by atoms with Crippen molar-refractivity contribution in [3.05, 3.63) is 46.8 Å². The molecule has 1 aromatic heterocycles. The van der Waals surface area contributed by atoms with Crippen molar-refractivity contribution in [2.24, 2.45) is 0 Å². The van der Waals surface area contributed by atoms with Crippen LogP contribution >= 0.6 is 11.3 Å². The fourth-order valence-corrected chi connectivity index (χ4v) is 2.31. The predicted molar refractivity (Wildman–Crippen MR) is 77.7 cm³/mol. The molecule has 20 heavy (non-hydrogen) atoms. The third-order valence-electron chi connectivity index (χ3n) is 2.48. The lowest BCUT2D eigenvalue weighted by atomic mass is 10.2. The van der Waals surface area contributed by atoms with Crippen LogP contribution in [0.5, 0.6) is 0 Å². The van der Waals surface area contributed by atoms with Gasteiger partial charge < -0.3 is 10.6 Å². The zero-order chi connectivity index (χ0) is 14.5.